The molecule has 1 N–H and O–H groups in total. The predicted molar refractivity (Wildman–Crippen MR) is 67.9 cm³/mol. The van der Waals surface area contributed by atoms with Gasteiger partial charge in [-0.15, -0.1) is 0 Å². The van der Waals surface area contributed by atoms with Gasteiger partial charge in [-0.1, -0.05) is 0 Å². The lowest BCUT2D eigenvalue weighted by Crippen LogP contribution is -2.40. The molecule has 0 spiro atoms. The summed E-state index contributed by atoms with van der Waals surface area (Å²) in [7, 11) is 0. The molecule has 6 heteroatoms. The average molecular weight is 335 g/mol. The third kappa shape index (κ3) is 2.39. The highest BCUT2D eigenvalue weighted by Gasteiger charge is 2.49. The molecule has 1 aromatic rings. The largest absolute Gasteiger partial charge is 0.481 e. The highest BCUT2D eigenvalue weighted by molar-refractivity contribution is 9.10. The Bertz CT molecular complexity index is 521. The van der Waals surface area contributed by atoms with Gasteiger partial charge in [0.15, 0.2) is 0 Å². The molecule has 0 bridgehead atoms. The van der Waals surface area contributed by atoms with Gasteiger partial charge in [0.05, 0.1) is 16.0 Å². The van der Waals surface area contributed by atoms with Crippen LogP contribution in [0.25, 0.3) is 0 Å². The molecular formula is C13H13BrF2O3. The number of hydrogen-bond acceptors (Lipinski definition) is 2. The molecule has 0 aliphatic carbocycles. The first-order valence-corrected chi connectivity index (χ1v) is 6.65. The number of carboxylic acid groups (broad SMARTS) is 1. The highest BCUT2D eigenvalue weighted by atomic mass is 79.9. The van der Waals surface area contributed by atoms with E-state index in [4.69, 9.17) is 4.74 Å². The Morgan fingerprint density at radius 2 is 2.26 bits per heavy atom. The Morgan fingerprint density at radius 3 is 2.79 bits per heavy atom. The van der Waals surface area contributed by atoms with Gasteiger partial charge in [0.2, 0.25) is 0 Å². The maximum Gasteiger partial charge on any atom is 0.312 e. The van der Waals surface area contributed by atoms with E-state index in [9.17, 15) is 18.7 Å². The Balaban J connectivity index is 2.44. The first kappa shape index (κ1) is 14.4. The zero-order chi connectivity index (χ0) is 14.2. The lowest BCUT2D eigenvalue weighted by molar-refractivity contribution is -0.151. The topological polar surface area (TPSA) is 46.5 Å². The van der Waals surface area contributed by atoms with E-state index in [2.05, 4.69) is 15.9 Å². The molecule has 104 valence electrons. The molecule has 1 fully saturated rings. The zero-order valence-corrected chi connectivity index (χ0v) is 11.8. The molecule has 1 aliphatic rings. The van der Waals surface area contributed by atoms with Crippen molar-refractivity contribution in [2.24, 2.45) is 5.41 Å². The highest BCUT2D eigenvalue weighted by Crippen LogP contribution is 2.40. The number of carboxylic acids is 1. The summed E-state index contributed by atoms with van der Waals surface area (Å²) in [5.74, 6) is -2.57. The van der Waals surface area contributed by atoms with Gasteiger partial charge in [0.1, 0.15) is 11.6 Å². The lowest BCUT2D eigenvalue weighted by atomic mass is 9.76. The fraction of sp³-hybridized carbons (Fsp3) is 0.462. The molecule has 2 atom stereocenters. The molecule has 0 amide bonds. The number of halogens is 3. The molecule has 1 aliphatic heterocycles. The van der Waals surface area contributed by atoms with E-state index in [-0.39, 0.29) is 29.5 Å². The van der Waals surface area contributed by atoms with Crippen molar-refractivity contribution in [2.75, 3.05) is 6.61 Å². The SMILES string of the molecule is CC1OCCC1(Cc1c(F)ccc(Br)c1F)C(=O)O. The average Bonchev–Trinajstić information content (AvgIpc) is 2.72. The van der Waals surface area contributed by atoms with E-state index in [1.54, 1.807) is 6.92 Å². The summed E-state index contributed by atoms with van der Waals surface area (Å²) in [4.78, 5) is 11.5. The molecule has 0 radical (unpaired) electrons. The van der Waals surface area contributed by atoms with Crippen molar-refractivity contribution in [1.29, 1.82) is 0 Å². The van der Waals surface area contributed by atoms with Crippen molar-refractivity contribution >= 4 is 21.9 Å². The van der Waals surface area contributed by atoms with Crippen LogP contribution in [-0.2, 0) is 16.0 Å². The second-order valence-electron chi connectivity index (χ2n) is 4.72. The maximum atomic E-state index is 14.0. The monoisotopic (exact) mass is 334 g/mol. The summed E-state index contributed by atoms with van der Waals surface area (Å²) >= 11 is 2.98. The fourth-order valence-corrected chi connectivity index (χ4v) is 2.79. The van der Waals surface area contributed by atoms with Gasteiger partial charge in [0, 0.05) is 12.2 Å². The van der Waals surface area contributed by atoms with Crippen molar-refractivity contribution < 1.29 is 23.4 Å². The Kier molecular flexibility index (Phi) is 3.92. The van der Waals surface area contributed by atoms with Crippen molar-refractivity contribution in [3.63, 3.8) is 0 Å². The molecule has 2 unspecified atom stereocenters. The van der Waals surface area contributed by atoms with Crippen LogP contribution in [0.4, 0.5) is 8.78 Å². The van der Waals surface area contributed by atoms with Crippen LogP contribution in [0.5, 0.6) is 0 Å². The van der Waals surface area contributed by atoms with Crippen molar-refractivity contribution in [1.82, 2.24) is 0 Å². The Labute approximate surface area is 117 Å². The molecule has 3 nitrogen and oxygen atoms in total. The normalized spacial score (nSPS) is 26.6. The molecular weight excluding hydrogens is 322 g/mol. The quantitative estimate of drug-likeness (QED) is 0.864. The molecule has 1 heterocycles. The van der Waals surface area contributed by atoms with E-state index in [1.165, 1.54) is 6.07 Å². The van der Waals surface area contributed by atoms with Crippen LogP contribution in [0, 0.1) is 17.0 Å². The molecule has 1 saturated heterocycles. The minimum atomic E-state index is -1.28. The number of hydrogen-bond donors (Lipinski definition) is 1. The summed E-state index contributed by atoms with van der Waals surface area (Å²) in [6, 6.07) is 2.38. The second kappa shape index (κ2) is 5.17. The number of aliphatic carboxylic acids is 1. The van der Waals surface area contributed by atoms with E-state index < -0.39 is 29.1 Å². The lowest BCUT2D eigenvalue weighted by Gasteiger charge is -2.27. The molecule has 1 aromatic carbocycles. The Morgan fingerprint density at radius 1 is 1.58 bits per heavy atom. The van der Waals surface area contributed by atoms with Crippen LogP contribution in [0.2, 0.25) is 0 Å². The van der Waals surface area contributed by atoms with Crippen LogP contribution in [0.3, 0.4) is 0 Å². The number of carbonyl (C=O) groups is 1. The van der Waals surface area contributed by atoms with Crippen LogP contribution in [0.15, 0.2) is 16.6 Å². The molecule has 0 saturated carbocycles. The minimum Gasteiger partial charge on any atom is -0.481 e. The number of benzene rings is 1. The van der Waals surface area contributed by atoms with Crippen LogP contribution < -0.4 is 0 Å². The van der Waals surface area contributed by atoms with Gasteiger partial charge in [-0.3, -0.25) is 4.79 Å². The van der Waals surface area contributed by atoms with Gasteiger partial charge in [0.25, 0.3) is 0 Å². The van der Waals surface area contributed by atoms with E-state index in [0.717, 1.165) is 6.07 Å². The van der Waals surface area contributed by atoms with Crippen molar-refractivity contribution in [3.05, 3.63) is 33.8 Å². The summed E-state index contributed by atoms with van der Waals surface area (Å²) in [6.45, 7) is 1.90. The van der Waals surface area contributed by atoms with Crippen LogP contribution in [0.1, 0.15) is 18.9 Å². The Hall–Kier alpha value is -1.01. The first-order chi connectivity index (χ1) is 8.88. The smallest absolute Gasteiger partial charge is 0.312 e. The minimum absolute atomic E-state index is 0.121. The molecule has 2 rings (SSSR count). The van der Waals surface area contributed by atoms with Crippen molar-refractivity contribution in [3.8, 4) is 0 Å². The second-order valence-corrected chi connectivity index (χ2v) is 5.58. The summed E-state index contributed by atoms with van der Waals surface area (Å²) in [5.41, 5.74) is -1.49. The van der Waals surface area contributed by atoms with Gasteiger partial charge in [-0.25, -0.2) is 8.78 Å². The van der Waals surface area contributed by atoms with Crippen LogP contribution >= 0.6 is 15.9 Å². The third-order valence-corrected chi connectivity index (χ3v) is 4.36. The van der Waals surface area contributed by atoms with Crippen molar-refractivity contribution in [2.45, 2.75) is 25.9 Å². The van der Waals surface area contributed by atoms with E-state index >= 15 is 0 Å². The van der Waals surface area contributed by atoms with E-state index in [1.807, 2.05) is 0 Å². The summed E-state index contributed by atoms with van der Waals surface area (Å²) < 4.78 is 33.1. The predicted octanol–water partition coefficient (Wildman–Crippen LogP) is 3.15. The van der Waals surface area contributed by atoms with Gasteiger partial charge < -0.3 is 9.84 Å². The van der Waals surface area contributed by atoms with Gasteiger partial charge in [-0.05, 0) is 47.8 Å². The number of rotatable bonds is 3. The van der Waals surface area contributed by atoms with Gasteiger partial charge in [-0.2, -0.15) is 0 Å². The fourth-order valence-electron chi connectivity index (χ4n) is 2.42. The summed E-state index contributed by atoms with van der Waals surface area (Å²) in [6.07, 6.45) is -0.557. The van der Waals surface area contributed by atoms with Crippen LogP contribution in [-0.4, -0.2) is 23.8 Å². The maximum absolute atomic E-state index is 14.0. The molecule has 0 aromatic heterocycles. The standard InChI is InChI=1S/C13H13BrF2O3/c1-7-13(12(17)18,4-5-19-7)6-8-10(15)3-2-9(14)11(8)16/h2-3,7H,4-6H2,1H3,(H,17,18). The van der Waals surface area contributed by atoms with Gasteiger partial charge >= 0.3 is 5.97 Å². The van der Waals surface area contributed by atoms with E-state index in [0.29, 0.717) is 0 Å². The first-order valence-electron chi connectivity index (χ1n) is 5.86. The zero-order valence-electron chi connectivity index (χ0n) is 10.3. The molecule has 19 heavy (non-hydrogen) atoms. The third-order valence-electron chi connectivity index (χ3n) is 3.75. The summed E-state index contributed by atoms with van der Waals surface area (Å²) in [5, 5.41) is 9.41. The number of ether oxygens (including phenoxy) is 1.